The Labute approximate surface area is 314 Å². The first-order valence-corrected chi connectivity index (χ1v) is 18.5. The Kier molecular flexibility index (Phi) is 10.6. The van der Waals surface area contributed by atoms with Crippen molar-refractivity contribution in [1.29, 1.82) is 0 Å². The van der Waals surface area contributed by atoms with E-state index >= 15 is 0 Å². The Morgan fingerprint density at radius 2 is 1.69 bits per heavy atom. The SMILES string of the molecule is COc1cc(C(=O)N2CCC(CCN3CCCN(c4nc5ccccc5n4Cc4coc(C)c4)CC3)(c3ccc(Cl)c(Cl)c3)C2)cc(OC)c1OC. The van der Waals surface area contributed by atoms with E-state index in [1.165, 1.54) is 0 Å². The minimum absolute atomic E-state index is 0.0833. The van der Waals surface area contributed by atoms with Crippen molar-refractivity contribution in [2.45, 2.75) is 38.1 Å². The first-order valence-electron chi connectivity index (χ1n) is 17.7. The highest BCUT2D eigenvalue weighted by Crippen LogP contribution is 2.43. The number of furan rings is 1. The van der Waals surface area contributed by atoms with E-state index in [1.54, 1.807) is 33.5 Å². The maximum Gasteiger partial charge on any atom is 0.254 e. The number of aromatic nitrogens is 2. The van der Waals surface area contributed by atoms with Gasteiger partial charge in [0, 0.05) is 49.3 Å². The Balaban J connectivity index is 1.09. The van der Waals surface area contributed by atoms with Crippen molar-refractivity contribution < 1.29 is 23.4 Å². The van der Waals surface area contributed by atoms with Crippen LogP contribution in [0.1, 0.15) is 46.5 Å². The molecule has 7 rings (SSSR count). The number of ether oxygens (including phenoxy) is 3. The summed E-state index contributed by atoms with van der Waals surface area (Å²) >= 11 is 13.0. The minimum atomic E-state index is -0.298. The standard InChI is InChI=1S/C40H45Cl2N5O5/c1-27-20-28(25-52-27)24-47-34-9-6-5-8-33(34)43-39(47)45-15-7-14-44(18-19-45)16-12-40(30-10-11-31(41)32(42)23-30)13-17-46(26-40)38(48)29-21-35(49-2)37(51-4)36(22-29)50-3/h5-6,8-11,20-23,25H,7,12-19,24,26H2,1-4H3. The summed E-state index contributed by atoms with van der Waals surface area (Å²) < 4.78 is 24.5. The van der Waals surface area contributed by atoms with Crippen LogP contribution in [-0.2, 0) is 12.0 Å². The normalized spacial score (nSPS) is 18.2. The molecule has 0 N–H and O–H groups in total. The van der Waals surface area contributed by atoms with Gasteiger partial charge < -0.3 is 37.9 Å². The third-order valence-electron chi connectivity index (χ3n) is 10.6. The van der Waals surface area contributed by atoms with Gasteiger partial charge >= 0.3 is 0 Å². The largest absolute Gasteiger partial charge is 0.493 e. The predicted octanol–water partition coefficient (Wildman–Crippen LogP) is 7.70. The molecule has 0 bridgehead atoms. The van der Waals surface area contributed by atoms with Gasteiger partial charge in [0.15, 0.2) is 11.5 Å². The van der Waals surface area contributed by atoms with Gasteiger partial charge in [-0.05, 0) is 87.3 Å². The lowest BCUT2D eigenvalue weighted by Crippen LogP contribution is -2.39. The first-order chi connectivity index (χ1) is 25.2. The van der Waals surface area contributed by atoms with Crippen LogP contribution in [0.3, 0.4) is 0 Å². The van der Waals surface area contributed by atoms with Crippen LogP contribution < -0.4 is 19.1 Å². The molecule has 274 valence electrons. The molecule has 0 aliphatic carbocycles. The molecule has 0 radical (unpaired) electrons. The number of para-hydroxylation sites is 2. The van der Waals surface area contributed by atoms with Gasteiger partial charge in [-0.2, -0.15) is 0 Å². The van der Waals surface area contributed by atoms with Crippen molar-refractivity contribution in [3.8, 4) is 17.2 Å². The number of methoxy groups -OCH3 is 3. The molecular weight excluding hydrogens is 701 g/mol. The predicted molar refractivity (Wildman–Crippen MR) is 205 cm³/mol. The van der Waals surface area contributed by atoms with E-state index in [0.29, 0.717) is 52.5 Å². The fourth-order valence-corrected chi connectivity index (χ4v) is 8.13. The molecule has 2 aliphatic heterocycles. The number of benzene rings is 3. The fourth-order valence-electron chi connectivity index (χ4n) is 7.83. The average molecular weight is 747 g/mol. The summed E-state index contributed by atoms with van der Waals surface area (Å²) in [4.78, 5) is 26.1. The van der Waals surface area contributed by atoms with E-state index in [9.17, 15) is 4.79 Å². The van der Waals surface area contributed by atoms with Crippen LogP contribution in [0.2, 0.25) is 10.0 Å². The molecule has 0 saturated carbocycles. The van der Waals surface area contributed by atoms with E-state index in [1.807, 2.05) is 36.3 Å². The summed E-state index contributed by atoms with van der Waals surface area (Å²) in [6.45, 7) is 8.37. The summed E-state index contributed by atoms with van der Waals surface area (Å²) in [7, 11) is 4.66. The average Bonchev–Trinajstić information content (AvgIpc) is 3.84. The molecule has 12 heteroatoms. The van der Waals surface area contributed by atoms with Crippen LogP contribution in [0.4, 0.5) is 5.95 Å². The molecule has 4 heterocycles. The molecule has 2 aliphatic rings. The molecule has 1 unspecified atom stereocenters. The van der Waals surface area contributed by atoms with E-state index < -0.39 is 0 Å². The monoisotopic (exact) mass is 745 g/mol. The van der Waals surface area contributed by atoms with Crippen molar-refractivity contribution >= 4 is 46.1 Å². The molecule has 1 amide bonds. The molecule has 2 saturated heterocycles. The quantitative estimate of drug-likeness (QED) is 0.136. The van der Waals surface area contributed by atoms with E-state index in [4.69, 9.17) is 46.8 Å². The molecule has 2 fully saturated rings. The number of amides is 1. The fraction of sp³-hybridized carbons (Fsp3) is 0.400. The highest BCUT2D eigenvalue weighted by Gasteiger charge is 2.42. The van der Waals surface area contributed by atoms with Crippen molar-refractivity contribution in [1.82, 2.24) is 19.4 Å². The van der Waals surface area contributed by atoms with Crippen LogP contribution in [-0.4, -0.2) is 92.4 Å². The van der Waals surface area contributed by atoms with Gasteiger partial charge in [-0.3, -0.25) is 4.79 Å². The van der Waals surface area contributed by atoms with E-state index in [2.05, 4.69) is 44.7 Å². The summed E-state index contributed by atoms with van der Waals surface area (Å²) in [6.07, 6.45) is 4.52. The number of imidazole rings is 1. The van der Waals surface area contributed by atoms with Gasteiger partial charge in [0.1, 0.15) is 5.76 Å². The molecule has 10 nitrogen and oxygen atoms in total. The van der Waals surface area contributed by atoms with Crippen molar-refractivity contribution in [3.05, 3.63) is 99.4 Å². The minimum Gasteiger partial charge on any atom is -0.493 e. The maximum atomic E-state index is 14.1. The van der Waals surface area contributed by atoms with Crippen LogP contribution >= 0.6 is 23.2 Å². The highest BCUT2D eigenvalue weighted by atomic mass is 35.5. The third-order valence-corrected chi connectivity index (χ3v) is 11.4. The van der Waals surface area contributed by atoms with Gasteiger partial charge in [0.2, 0.25) is 11.7 Å². The number of aryl methyl sites for hydroxylation is 1. The number of rotatable bonds is 11. The lowest BCUT2D eigenvalue weighted by Gasteiger charge is -2.33. The van der Waals surface area contributed by atoms with E-state index in [-0.39, 0.29) is 11.3 Å². The first kappa shape index (κ1) is 36.0. The summed E-state index contributed by atoms with van der Waals surface area (Å²) in [5.74, 6) is 3.16. The van der Waals surface area contributed by atoms with Gasteiger partial charge in [0.05, 0.1) is 55.2 Å². The molecule has 5 aromatic rings. The zero-order valence-corrected chi connectivity index (χ0v) is 31.7. The smallest absolute Gasteiger partial charge is 0.254 e. The molecule has 0 spiro atoms. The lowest BCUT2D eigenvalue weighted by molar-refractivity contribution is 0.0780. The van der Waals surface area contributed by atoms with Crippen molar-refractivity contribution in [2.24, 2.45) is 0 Å². The van der Waals surface area contributed by atoms with Gasteiger partial charge in [-0.25, -0.2) is 4.98 Å². The molecule has 1 atom stereocenters. The number of likely N-dealkylation sites (tertiary alicyclic amines) is 1. The number of fused-ring (bicyclic) bond motifs is 1. The topological polar surface area (TPSA) is 85.4 Å². The van der Waals surface area contributed by atoms with Gasteiger partial charge in [0.25, 0.3) is 5.91 Å². The number of anilines is 1. The van der Waals surface area contributed by atoms with Gasteiger partial charge in [-0.15, -0.1) is 0 Å². The number of halogens is 2. The number of hydrogen-bond donors (Lipinski definition) is 0. The maximum absolute atomic E-state index is 14.1. The summed E-state index contributed by atoms with van der Waals surface area (Å²) in [5.41, 5.74) is 4.53. The Morgan fingerprint density at radius 3 is 2.40 bits per heavy atom. The Bertz CT molecular complexity index is 2040. The second kappa shape index (κ2) is 15.3. The Morgan fingerprint density at radius 1 is 0.904 bits per heavy atom. The highest BCUT2D eigenvalue weighted by molar-refractivity contribution is 6.42. The van der Waals surface area contributed by atoms with Crippen molar-refractivity contribution in [2.75, 3.05) is 72.0 Å². The summed E-state index contributed by atoms with van der Waals surface area (Å²) in [5, 5.41) is 1.04. The summed E-state index contributed by atoms with van der Waals surface area (Å²) in [6, 6.07) is 19.8. The zero-order valence-electron chi connectivity index (χ0n) is 30.2. The molecule has 3 aromatic carbocycles. The van der Waals surface area contributed by atoms with Crippen LogP contribution in [0, 0.1) is 6.92 Å². The Hall–Kier alpha value is -4.38. The number of nitrogens with zero attached hydrogens (tertiary/aromatic N) is 5. The van der Waals surface area contributed by atoms with Crippen LogP contribution in [0.25, 0.3) is 11.0 Å². The third kappa shape index (κ3) is 7.16. The molecule has 2 aromatic heterocycles. The van der Waals surface area contributed by atoms with Crippen molar-refractivity contribution in [3.63, 3.8) is 0 Å². The molecule has 52 heavy (non-hydrogen) atoms. The van der Waals surface area contributed by atoms with E-state index in [0.717, 1.165) is 85.9 Å². The second-order valence-electron chi connectivity index (χ2n) is 13.8. The number of carbonyl (C=O) groups is 1. The lowest BCUT2D eigenvalue weighted by atomic mass is 9.76. The second-order valence-corrected chi connectivity index (χ2v) is 14.6. The number of hydrogen-bond acceptors (Lipinski definition) is 8. The molecular formula is C40H45Cl2N5O5. The van der Waals surface area contributed by atoms with Gasteiger partial charge in [-0.1, -0.05) is 41.4 Å². The number of carbonyl (C=O) groups excluding carboxylic acids is 1. The zero-order chi connectivity index (χ0) is 36.4. The van der Waals surface area contributed by atoms with Crippen LogP contribution in [0.5, 0.6) is 17.2 Å². The van der Waals surface area contributed by atoms with Crippen LogP contribution in [0.15, 0.2) is 71.3 Å².